The van der Waals surface area contributed by atoms with Gasteiger partial charge in [-0.25, -0.2) is 0 Å². The molecule has 2 aromatic rings. The standard InChI is InChI=1S/C16H16Cl2N2S/c17-14-7-6-13(15(18)10-14)8-9-19-16(21)20-11-12-4-2-1-3-5-12/h1-7,10H,8-9,11H2,(H2,19,20,21). The van der Waals surface area contributed by atoms with E-state index in [2.05, 4.69) is 22.8 Å². The largest absolute Gasteiger partial charge is 0.362 e. The van der Waals surface area contributed by atoms with E-state index in [-0.39, 0.29) is 0 Å². The predicted molar refractivity (Wildman–Crippen MR) is 94.0 cm³/mol. The molecular weight excluding hydrogens is 323 g/mol. The average Bonchev–Trinajstić information content (AvgIpc) is 2.48. The lowest BCUT2D eigenvalue weighted by Crippen LogP contribution is -2.35. The van der Waals surface area contributed by atoms with E-state index in [0.717, 1.165) is 18.5 Å². The molecule has 0 aliphatic rings. The van der Waals surface area contributed by atoms with Gasteiger partial charge in [-0.15, -0.1) is 0 Å². The smallest absolute Gasteiger partial charge is 0.166 e. The summed E-state index contributed by atoms with van der Waals surface area (Å²) in [6, 6.07) is 15.7. The fraction of sp³-hybridized carbons (Fsp3) is 0.188. The molecule has 2 N–H and O–H groups in total. The van der Waals surface area contributed by atoms with Crippen LogP contribution in [0.1, 0.15) is 11.1 Å². The van der Waals surface area contributed by atoms with Crippen molar-refractivity contribution in [3.8, 4) is 0 Å². The van der Waals surface area contributed by atoms with Gasteiger partial charge < -0.3 is 10.6 Å². The van der Waals surface area contributed by atoms with Gasteiger partial charge in [0, 0.05) is 23.1 Å². The van der Waals surface area contributed by atoms with Crippen molar-refractivity contribution in [2.45, 2.75) is 13.0 Å². The molecule has 0 heterocycles. The second-order valence-corrected chi connectivity index (χ2v) is 5.83. The van der Waals surface area contributed by atoms with Crippen molar-refractivity contribution in [1.29, 1.82) is 0 Å². The summed E-state index contributed by atoms with van der Waals surface area (Å²) >= 11 is 17.2. The number of benzene rings is 2. The maximum atomic E-state index is 6.13. The van der Waals surface area contributed by atoms with Crippen molar-refractivity contribution < 1.29 is 0 Å². The summed E-state index contributed by atoms with van der Waals surface area (Å²) in [4.78, 5) is 0. The normalized spacial score (nSPS) is 10.2. The van der Waals surface area contributed by atoms with Crippen LogP contribution in [0, 0.1) is 0 Å². The lowest BCUT2D eigenvalue weighted by Gasteiger charge is -2.11. The van der Waals surface area contributed by atoms with Crippen LogP contribution in [0.2, 0.25) is 10.0 Å². The molecule has 0 bridgehead atoms. The molecule has 0 aliphatic heterocycles. The maximum Gasteiger partial charge on any atom is 0.166 e. The molecule has 2 aromatic carbocycles. The van der Waals surface area contributed by atoms with E-state index in [1.165, 1.54) is 5.56 Å². The SMILES string of the molecule is S=C(NCCc1ccc(Cl)cc1Cl)NCc1ccccc1. The molecule has 0 unspecified atom stereocenters. The Bertz CT molecular complexity index is 602. The molecule has 0 spiro atoms. The molecule has 0 saturated heterocycles. The Labute approximate surface area is 140 Å². The van der Waals surface area contributed by atoms with Gasteiger partial charge >= 0.3 is 0 Å². The van der Waals surface area contributed by atoms with E-state index in [9.17, 15) is 0 Å². The zero-order valence-corrected chi connectivity index (χ0v) is 13.7. The molecule has 5 heteroatoms. The van der Waals surface area contributed by atoms with Gasteiger partial charge in [-0.05, 0) is 41.9 Å². The van der Waals surface area contributed by atoms with Crippen LogP contribution in [-0.2, 0) is 13.0 Å². The van der Waals surface area contributed by atoms with Crippen molar-refractivity contribution in [3.05, 3.63) is 69.7 Å². The summed E-state index contributed by atoms with van der Waals surface area (Å²) in [5.74, 6) is 0. The molecular formula is C16H16Cl2N2S. The topological polar surface area (TPSA) is 24.1 Å². The average molecular weight is 339 g/mol. The molecule has 2 nitrogen and oxygen atoms in total. The number of thiocarbonyl (C=S) groups is 1. The fourth-order valence-electron chi connectivity index (χ4n) is 1.88. The number of hydrogen-bond donors (Lipinski definition) is 2. The summed E-state index contributed by atoms with van der Waals surface area (Å²) in [5.41, 5.74) is 2.25. The highest BCUT2D eigenvalue weighted by Gasteiger charge is 2.02. The van der Waals surface area contributed by atoms with Gasteiger partial charge in [-0.2, -0.15) is 0 Å². The molecule has 0 saturated carbocycles. The highest BCUT2D eigenvalue weighted by Crippen LogP contribution is 2.20. The minimum atomic E-state index is 0.643. The number of rotatable bonds is 5. The molecule has 0 radical (unpaired) electrons. The van der Waals surface area contributed by atoms with E-state index in [0.29, 0.717) is 21.7 Å². The second kappa shape index (κ2) is 8.23. The zero-order chi connectivity index (χ0) is 15.1. The number of halogens is 2. The minimum absolute atomic E-state index is 0.643. The first-order valence-electron chi connectivity index (χ1n) is 6.65. The van der Waals surface area contributed by atoms with Crippen LogP contribution in [0.3, 0.4) is 0 Å². The fourth-order valence-corrected chi connectivity index (χ4v) is 2.55. The Morgan fingerprint density at radius 3 is 2.48 bits per heavy atom. The first-order valence-corrected chi connectivity index (χ1v) is 7.81. The highest BCUT2D eigenvalue weighted by molar-refractivity contribution is 7.80. The van der Waals surface area contributed by atoms with Crippen molar-refractivity contribution >= 4 is 40.5 Å². The number of nitrogens with one attached hydrogen (secondary N) is 2. The molecule has 0 aromatic heterocycles. The lowest BCUT2D eigenvalue weighted by molar-refractivity contribution is 0.815. The van der Waals surface area contributed by atoms with Crippen molar-refractivity contribution in [2.24, 2.45) is 0 Å². The zero-order valence-electron chi connectivity index (χ0n) is 11.4. The number of hydrogen-bond acceptors (Lipinski definition) is 1. The summed E-state index contributed by atoms with van der Waals surface area (Å²) in [7, 11) is 0. The van der Waals surface area contributed by atoms with E-state index >= 15 is 0 Å². The maximum absolute atomic E-state index is 6.13. The molecule has 2 rings (SSSR count). The summed E-state index contributed by atoms with van der Waals surface area (Å²) in [6.45, 7) is 1.44. The van der Waals surface area contributed by atoms with E-state index in [1.54, 1.807) is 6.07 Å². The minimum Gasteiger partial charge on any atom is -0.362 e. The van der Waals surface area contributed by atoms with E-state index in [1.807, 2.05) is 30.3 Å². The Morgan fingerprint density at radius 2 is 1.76 bits per heavy atom. The quantitative estimate of drug-likeness (QED) is 0.799. The Morgan fingerprint density at radius 1 is 1.00 bits per heavy atom. The lowest BCUT2D eigenvalue weighted by atomic mass is 10.1. The monoisotopic (exact) mass is 338 g/mol. The van der Waals surface area contributed by atoms with Crippen molar-refractivity contribution in [3.63, 3.8) is 0 Å². The van der Waals surface area contributed by atoms with Gasteiger partial charge in [-0.1, -0.05) is 59.6 Å². The summed E-state index contributed by atoms with van der Waals surface area (Å²) < 4.78 is 0. The van der Waals surface area contributed by atoms with Crippen LogP contribution >= 0.6 is 35.4 Å². The second-order valence-electron chi connectivity index (χ2n) is 4.58. The third kappa shape index (κ3) is 5.54. The molecule has 0 aliphatic carbocycles. The Kier molecular flexibility index (Phi) is 6.30. The van der Waals surface area contributed by atoms with E-state index in [4.69, 9.17) is 35.4 Å². The third-order valence-corrected chi connectivity index (χ3v) is 3.87. The van der Waals surface area contributed by atoms with Crippen molar-refractivity contribution in [1.82, 2.24) is 10.6 Å². The third-order valence-electron chi connectivity index (χ3n) is 2.99. The van der Waals surface area contributed by atoms with Crippen LogP contribution in [0.25, 0.3) is 0 Å². The molecule has 0 amide bonds. The van der Waals surface area contributed by atoms with Crippen LogP contribution in [-0.4, -0.2) is 11.7 Å². The van der Waals surface area contributed by atoms with Gasteiger partial charge in [0.2, 0.25) is 0 Å². The molecule has 0 atom stereocenters. The van der Waals surface area contributed by atoms with Crippen LogP contribution < -0.4 is 10.6 Å². The Balaban J connectivity index is 1.72. The summed E-state index contributed by atoms with van der Waals surface area (Å²) in [5, 5.41) is 8.33. The predicted octanol–water partition coefficient (Wildman–Crippen LogP) is 4.20. The van der Waals surface area contributed by atoms with Crippen LogP contribution in [0.4, 0.5) is 0 Å². The van der Waals surface area contributed by atoms with Crippen LogP contribution in [0.15, 0.2) is 48.5 Å². The first kappa shape index (κ1) is 16.1. The molecule has 0 fully saturated rings. The van der Waals surface area contributed by atoms with Gasteiger partial charge in [0.25, 0.3) is 0 Å². The first-order chi connectivity index (χ1) is 10.1. The highest BCUT2D eigenvalue weighted by atomic mass is 35.5. The molecule has 110 valence electrons. The van der Waals surface area contributed by atoms with E-state index < -0.39 is 0 Å². The van der Waals surface area contributed by atoms with Gasteiger partial charge in [-0.3, -0.25) is 0 Å². The van der Waals surface area contributed by atoms with Gasteiger partial charge in [0.05, 0.1) is 0 Å². The summed E-state index contributed by atoms with van der Waals surface area (Å²) in [6.07, 6.45) is 0.795. The Hall–Kier alpha value is -1.29. The van der Waals surface area contributed by atoms with Gasteiger partial charge in [0.15, 0.2) is 5.11 Å². The van der Waals surface area contributed by atoms with Gasteiger partial charge in [0.1, 0.15) is 0 Å². The van der Waals surface area contributed by atoms with Crippen LogP contribution in [0.5, 0.6) is 0 Å². The molecule has 21 heavy (non-hydrogen) atoms. The van der Waals surface area contributed by atoms with Crippen molar-refractivity contribution in [2.75, 3.05) is 6.54 Å².